The first-order valence-electron chi connectivity index (χ1n) is 6.51. The number of likely N-dealkylation sites (tertiary alicyclic amines) is 1. The monoisotopic (exact) mass is 221 g/mol. The molecule has 0 radical (unpaired) electrons. The minimum atomic E-state index is 0.230. The van der Waals surface area contributed by atoms with Gasteiger partial charge in [0.25, 0.3) is 0 Å². The number of carbonyl (C=O) groups excluding carboxylic acids is 1. The maximum atomic E-state index is 12.0. The van der Waals surface area contributed by atoms with Crippen molar-refractivity contribution in [2.75, 3.05) is 13.1 Å². The van der Waals surface area contributed by atoms with Crippen LogP contribution in [-0.4, -0.2) is 29.8 Å². The smallest absolute Gasteiger partial charge is 0.137 e. The summed E-state index contributed by atoms with van der Waals surface area (Å²) in [6, 6.07) is 0.477. The van der Waals surface area contributed by atoms with Gasteiger partial charge in [0.05, 0.1) is 0 Å². The van der Waals surface area contributed by atoms with Crippen molar-refractivity contribution in [3.63, 3.8) is 0 Å². The first-order chi connectivity index (χ1) is 7.59. The lowest BCUT2D eigenvalue weighted by molar-refractivity contribution is -0.127. The zero-order valence-corrected chi connectivity index (χ0v) is 10.5. The molecule has 3 atom stereocenters. The Labute approximate surface area is 98.7 Å². The van der Waals surface area contributed by atoms with Crippen LogP contribution in [0.3, 0.4) is 0 Å². The lowest BCUT2D eigenvalue weighted by atomic mass is 9.75. The van der Waals surface area contributed by atoms with Gasteiger partial charge in [-0.1, -0.05) is 19.1 Å². The molecule has 1 aliphatic carbocycles. The van der Waals surface area contributed by atoms with E-state index in [4.69, 9.17) is 0 Å². The summed E-state index contributed by atoms with van der Waals surface area (Å²) in [4.78, 5) is 14.5. The fourth-order valence-corrected chi connectivity index (χ4v) is 3.14. The second-order valence-electron chi connectivity index (χ2n) is 5.55. The van der Waals surface area contributed by atoms with E-state index in [9.17, 15) is 4.79 Å². The van der Waals surface area contributed by atoms with E-state index >= 15 is 0 Å². The second-order valence-corrected chi connectivity index (χ2v) is 5.55. The van der Waals surface area contributed by atoms with Crippen LogP contribution in [0.1, 0.15) is 39.5 Å². The van der Waals surface area contributed by atoms with Crippen molar-refractivity contribution in [2.45, 2.75) is 45.6 Å². The van der Waals surface area contributed by atoms with Gasteiger partial charge in [-0.05, 0) is 45.2 Å². The molecule has 90 valence electrons. The van der Waals surface area contributed by atoms with Crippen molar-refractivity contribution in [3.05, 3.63) is 12.2 Å². The van der Waals surface area contributed by atoms with Crippen LogP contribution in [0.5, 0.6) is 0 Å². The molecular weight excluding hydrogens is 198 g/mol. The molecule has 1 aliphatic heterocycles. The zero-order chi connectivity index (χ0) is 11.7. The Morgan fingerprint density at radius 1 is 1.38 bits per heavy atom. The Kier molecular flexibility index (Phi) is 3.48. The maximum Gasteiger partial charge on any atom is 0.137 e. The van der Waals surface area contributed by atoms with Crippen LogP contribution in [0.4, 0.5) is 0 Å². The lowest BCUT2D eigenvalue weighted by Crippen LogP contribution is -2.46. The van der Waals surface area contributed by atoms with Crippen molar-refractivity contribution in [1.82, 2.24) is 4.90 Å². The number of hydrogen-bond donors (Lipinski definition) is 0. The minimum Gasteiger partial charge on any atom is -0.300 e. The predicted molar refractivity (Wildman–Crippen MR) is 66.3 cm³/mol. The van der Waals surface area contributed by atoms with Gasteiger partial charge < -0.3 is 0 Å². The molecular formula is C14H23NO. The van der Waals surface area contributed by atoms with E-state index in [1.165, 1.54) is 31.5 Å². The Balaban J connectivity index is 2.09. The number of allylic oxidation sites excluding steroid dienone is 1. The highest BCUT2D eigenvalue weighted by Gasteiger charge is 2.37. The fourth-order valence-electron chi connectivity index (χ4n) is 3.14. The molecule has 2 rings (SSSR count). The number of ketones is 1. The number of Topliss-reactive ketones (excluding diaryl/α,β-unsaturated/α-hetero) is 1. The number of rotatable bonds is 2. The standard InChI is InChI=1S/C14H23NO/c1-10(2)12-8-13(11(3)14(16)9-12)15-6-4-5-7-15/h11-13H,1,4-9H2,2-3H3. The highest BCUT2D eigenvalue weighted by Crippen LogP contribution is 2.34. The molecule has 0 aromatic carbocycles. The third-order valence-corrected chi connectivity index (χ3v) is 4.37. The second kappa shape index (κ2) is 4.70. The molecule has 16 heavy (non-hydrogen) atoms. The largest absolute Gasteiger partial charge is 0.300 e. The lowest BCUT2D eigenvalue weighted by Gasteiger charge is -2.39. The normalized spacial score (nSPS) is 36.6. The van der Waals surface area contributed by atoms with Crippen LogP contribution >= 0.6 is 0 Å². The summed E-state index contributed by atoms with van der Waals surface area (Å²) in [5.41, 5.74) is 1.18. The van der Waals surface area contributed by atoms with Gasteiger partial charge in [0.1, 0.15) is 5.78 Å². The third-order valence-electron chi connectivity index (χ3n) is 4.37. The molecule has 0 bridgehead atoms. The minimum absolute atomic E-state index is 0.230. The molecule has 2 heteroatoms. The molecule has 1 saturated carbocycles. The van der Waals surface area contributed by atoms with E-state index in [2.05, 4.69) is 25.3 Å². The van der Waals surface area contributed by atoms with Gasteiger partial charge in [-0.3, -0.25) is 9.69 Å². The average Bonchev–Trinajstić information content (AvgIpc) is 2.74. The van der Waals surface area contributed by atoms with E-state index in [0.717, 1.165) is 12.8 Å². The van der Waals surface area contributed by atoms with Gasteiger partial charge in [-0.25, -0.2) is 0 Å². The van der Waals surface area contributed by atoms with E-state index in [0.29, 0.717) is 17.7 Å². The molecule has 1 saturated heterocycles. The maximum absolute atomic E-state index is 12.0. The summed E-state index contributed by atoms with van der Waals surface area (Å²) in [7, 11) is 0. The molecule has 0 aromatic heterocycles. The quantitative estimate of drug-likeness (QED) is 0.668. The molecule has 2 fully saturated rings. The Hall–Kier alpha value is -0.630. The van der Waals surface area contributed by atoms with Crippen LogP contribution in [0.15, 0.2) is 12.2 Å². The van der Waals surface area contributed by atoms with Crippen LogP contribution in [-0.2, 0) is 4.79 Å². The Morgan fingerprint density at radius 3 is 2.56 bits per heavy atom. The van der Waals surface area contributed by atoms with Crippen molar-refractivity contribution in [3.8, 4) is 0 Å². The molecule has 0 amide bonds. The van der Waals surface area contributed by atoms with Crippen molar-refractivity contribution >= 4 is 5.78 Å². The number of hydrogen-bond acceptors (Lipinski definition) is 2. The summed E-state index contributed by atoms with van der Waals surface area (Å²) in [6.07, 6.45) is 4.47. The Morgan fingerprint density at radius 2 is 2.00 bits per heavy atom. The average molecular weight is 221 g/mol. The third kappa shape index (κ3) is 2.22. The fraction of sp³-hybridized carbons (Fsp3) is 0.786. The molecule has 2 aliphatic rings. The highest BCUT2D eigenvalue weighted by atomic mass is 16.1. The van der Waals surface area contributed by atoms with Gasteiger partial charge in [0.15, 0.2) is 0 Å². The van der Waals surface area contributed by atoms with Crippen molar-refractivity contribution in [1.29, 1.82) is 0 Å². The van der Waals surface area contributed by atoms with Gasteiger partial charge in [0, 0.05) is 18.4 Å². The van der Waals surface area contributed by atoms with Crippen LogP contribution in [0.2, 0.25) is 0 Å². The van der Waals surface area contributed by atoms with Gasteiger partial charge in [0.2, 0.25) is 0 Å². The summed E-state index contributed by atoms with van der Waals surface area (Å²) >= 11 is 0. The van der Waals surface area contributed by atoms with Crippen molar-refractivity contribution in [2.24, 2.45) is 11.8 Å². The summed E-state index contributed by atoms with van der Waals surface area (Å²) < 4.78 is 0. The van der Waals surface area contributed by atoms with Gasteiger partial charge in [-0.2, -0.15) is 0 Å². The summed E-state index contributed by atoms with van der Waals surface area (Å²) in [6.45, 7) is 10.6. The number of nitrogens with zero attached hydrogens (tertiary/aromatic N) is 1. The Bertz CT molecular complexity index is 291. The zero-order valence-electron chi connectivity index (χ0n) is 10.5. The SMILES string of the molecule is C=C(C)C1CC(=O)C(C)C(N2CCCC2)C1. The predicted octanol–water partition coefficient (Wildman–Crippen LogP) is 2.64. The van der Waals surface area contributed by atoms with Crippen LogP contribution < -0.4 is 0 Å². The van der Waals surface area contributed by atoms with E-state index < -0.39 is 0 Å². The first kappa shape index (κ1) is 11.8. The van der Waals surface area contributed by atoms with Crippen molar-refractivity contribution < 1.29 is 4.79 Å². The van der Waals surface area contributed by atoms with Gasteiger partial charge >= 0.3 is 0 Å². The molecule has 3 unspecified atom stereocenters. The highest BCUT2D eigenvalue weighted by molar-refractivity contribution is 5.82. The van der Waals surface area contributed by atoms with E-state index in [1.54, 1.807) is 0 Å². The molecule has 0 N–H and O–H groups in total. The molecule has 0 spiro atoms. The van der Waals surface area contributed by atoms with E-state index in [1.807, 2.05) is 0 Å². The summed E-state index contributed by atoms with van der Waals surface area (Å²) in [5, 5.41) is 0. The van der Waals surface area contributed by atoms with E-state index in [-0.39, 0.29) is 5.92 Å². The topological polar surface area (TPSA) is 20.3 Å². The molecule has 2 nitrogen and oxygen atoms in total. The summed E-state index contributed by atoms with van der Waals surface area (Å²) in [5.74, 6) is 1.10. The van der Waals surface area contributed by atoms with Crippen LogP contribution in [0.25, 0.3) is 0 Å². The molecule has 1 heterocycles. The first-order valence-corrected chi connectivity index (χ1v) is 6.51. The molecule has 0 aromatic rings. The van der Waals surface area contributed by atoms with Gasteiger partial charge in [-0.15, -0.1) is 0 Å². The number of carbonyl (C=O) groups is 1. The van der Waals surface area contributed by atoms with Crippen LogP contribution in [0, 0.1) is 11.8 Å².